The van der Waals surface area contributed by atoms with Crippen molar-refractivity contribution in [2.75, 3.05) is 6.61 Å². The maximum absolute atomic E-state index is 11.3. The molecule has 0 aromatic rings. The number of carbonyl (C=O) groups is 1. The number of ether oxygens (including phenoxy) is 1. The molecule has 0 aromatic heterocycles. The molecule has 1 fully saturated rings. The van der Waals surface area contributed by atoms with E-state index in [9.17, 15) is 4.79 Å². The minimum absolute atomic E-state index is 0.0286. The summed E-state index contributed by atoms with van der Waals surface area (Å²) in [5.41, 5.74) is 0. The summed E-state index contributed by atoms with van der Waals surface area (Å²) in [6.07, 6.45) is 0.967. The molecule has 2 unspecified atom stereocenters. The van der Waals surface area contributed by atoms with Gasteiger partial charge in [-0.05, 0) is 24.6 Å². The summed E-state index contributed by atoms with van der Waals surface area (Å²) < 4.78 is 11.1. The molecule has 1 aliphatic rings. The van der Waals surface area contributed by atoms with Gasteiger partial charge in [0.1, 0.15) is 12.0 Å². The Kier molecular flexibility index (Phi) is 3.85. The summed E-state index contributed by atoms with van der Waals surface area (Å²) in [5.74, 6) is -0.121. The summed E-state index contributed by atoms with van der Waals surface area (Å²) in [6, 6.07) is 0. The number of hydrogen-bond donors (Lipinski definition) is 0. The average Bonchev–Trinajstić information content (AvgIpc) is 2.11. The fourth-order valence-corrected chi connectivity index (χ4v) is 2.49. The lowest BCUT2D eigenvalue weighted by molar-refractivity contribution is -0.187. The second-order valence-corrected chi connectivity index (χ2v) is 10.9. The Balaban J connectivity index is 2.48. The molecule has 1 rings (SSSR count). The van der Waals surface area contributed by atoms with E-state index in [1.165, 1.54) is 0 Å². The topological polar surface area (TPSA) is 35.5 Å². The van der Waals surface area contributed by atoms with Crippen molar-refractivity contribution in [2.45, 2.75) is 58.4 Å². The van der Waals surface area contributed by atoms with E-state index in [-0.39, 0.29) is 23.0 Å². The number of esters is 1. The van der Waals surface area contributed by atoms with Crippen LogP contribution >= 0.6 is 0 Å². The van der Waals surface area contributed by atoms with Crippen LogP contribution in [0.15, 0.2) is 0 Å². The molecule has 4 heteroatoms. The van der Waals surface area contributed by atoms with E-state index in [2.05, 4.69) is 33.9 Å². The first-order valence-electron chi connectivity index (χ1n) is 6.03. The van der Waals surface area contributed by atoms with Gasteiger partial charge in [-0.2, -0.15) is 0 Å². The van der Waals surface area contributed by atoms with Crippen molar-refractivity contribution in [3.05, 3.63) is 0 Å². The van der Waals surface area contributed by atoms with E-state index in [1.54, 1.807) is 0 Å². The highest BCUT2D eigenvalue weighted by molar-refractivity contribution is 6.74. The minimum Gasteiger partial charge on any atom is -0.461 e. The minimum atomic E-state index is -1.73. The molecule has 0 amide bonds. The fourth-order valence-electron chi connectivity index (χ4n) is 1.46. The zero-order chi connectivity index (χ0) is 12.6. The van der Waals surface area contributed by atoms with Crippen LogP contribution < -0.4 is 0 Å². The van der Waals surface area contributed by atoms with Crippen molar-refractivity contribution in [1.29, 1.82) is 0 Å². The van der Waals surface area contributed by atoms with Crippen LogP contribution in [0.4, 0.5) is 0 Å². The SMILES string of the molecule is CCC1OC(=O)C1CO[Si](C)(C)C(C)(C)C. The van der Waals surface area contributed by atoms with E-state index in [0.29, 0.717) is 6.61 Å². The largest absolute Gasteiger partial charge is 0.461 e. The molecule has 16 heavy (non-hydrogen) atoms. The molecule has 1 saturated heterocycles. The van der Waals surface area contributed by atoms with Crippen LogP contribution in [0.5, 0.6) is 0 Å². The van der Waals surface area contributed by atoms with Gasteiger partial charge in [0, 0.05) is 0 Å². The van der Waals surface area contributed by atoms with Crippen molar-refractivity contribution in [2.24, 2.45) is 5.92 Å². The maximum Gasteiger partial charge on any atom is 0.315 e. The predicted molar refractivity (Wildman–Crippen MR) is 66.8 cm³/mol. The predicted octanol–water partition coefficient (Wildman–Crippen LogP) is 2.96. The summed E-state index contributed by atoms with van der Waals surface area (Å²) in [5, 5.41) is 0.197. The number of rotatable bonds is 4. The van der Waals surface area contributed by atoms with Crippen LogP contribution in [-0.2, 0) is 14.0 Å². The van der Waals surface area contributed by atoms with Gasteiger partial charge >= 0.3 is 5.97 Å². The molecule has 1 aliphatic heterocycles. The van der Waals surface area contributed by atoms with Gasteiger partial charge < -0.3 is 9.16 Å². The van der Waals surface area contributed by atoms with Crippen molar-refractivity contribution < 1.29 is 14.0 Å². The van der Waals surface area contributed by atoms with Crippen LogP contribution in [0.25, 0.3) is 0 Å². The molecule has 94 valence electrons. The molecule has 0 bridgehead atoms. The first-order chi connectivity index (χ1) is 7.19. The van der Waals surface area contributed by atoms with Crippen LogP contribution in [0.3, 0.4) is 0 Å². The highest BCUT2D eigenvalue weighted by atomic mass is 28.4. The lowest BCUT2D eigenvalue weighted by Crippen LogP contribution is -2.50. The quantitative estimate of drug-likeness (QED) is 0.563. The van der Waals surface area contributed by atoms with Gasteiger partial charge in [-0.1, -0.05) is 27.7 Å². The van der Waals surface area contributed by atoms with Gasteiger partial charge in [0.25, 0.3) is 0 Å². The summed E-state index contributed by atoms with van der Waals surface area (Å²) >= 11 is 0. The molecule has 0 N–H and O–H groups in total. The lowest BCUT2D eigenvalue weighted by atomic mass is 9.96. The summed E-state index contributed by atoms with van der Waals surface area (Å²) in [4.78, 5) is 11.3. The van der Waals surface area contributed by atoms with E-state index in [1.807, 2.05) is 6.92 Å². The maximum atomic E-state index is 11.3. The van der Waals surface area contributed by atoms with Gasteiger partial charge in [-0.25, -0.2) is 0 Å². The molecule has 2 atom stereocenters. The normalized spacial score (nSPS) is 26.2. The third-order valence-electron chi connectivity index (χ3n) is 3.85. The van der Waals surface area contributed by atoms with Crippen molar-refractivity contribution in [3.8, 4) is 0 Å². The van der Waals surface area contributed by atoms with Gasteiger partial charge in [0.2, 0.25) is 0 Å². The summed E-state index contributed by atoms with van der Waals surface area (Å²) in [7, 11) is -1.73. The van der Waals surface area contributed by atoms with E-state index in [0.717, 1.165) is 6.42 Å². The number of cyclic esters (lactones) is 1. The Hall–Kier alpha value is -0.353. The van der Waals surface area contributed by atoms with Gasteiger partial charge in [0.15, 0.2) is 8.32 Å². The van der Waals surface area contributed by atoms with Crippen LogP contribution in [0.1, 0.15) is 34.1 Å². The van der Waals surface area contributed by atoms with Crippen molar-refractivity contribution in [3.63, 3.8) is 0 Å². The zero-order valence-corrected chi connectivity index (χ0v) is 12.3. The van der Waals surface area contributed by atoms with E-state index in [4.69, 9.17) is 9.16 Å². The van der Waals surface area contributed by atoms with E-state index < -0.39 is 8.32 Å². The monoisotopic (exact) mass is 244 g/mol. The van der Waals surface area contributed by atoms with Crippen LogP contribution in [0, 0.1) is 5.92 Å². The third-order valence-corrected chi connectivity index (χ3v) is 8.35. The molecule has 0 radical (unpaired) electrons. The van der Waals surface area contributed by atoms with Crippen molar-refractivity contribution >= 4 is 14.3 Å². The number of carbonyl (C=O) groups excluding carboxylic acids is 1. The second kappa shape index (κ2) is 4.49. The zero-order valence-electron chi connectivity index (χ0n) is 11.3. The number of hydrogen-bond acceptors (Lipinski definition) is 3. The van der Waals surface area contributed by atoms with Crippen LogP contribution in [0.2, 0.25) is 18.1 Å². The third kappa shape index (κ3) is 2.66. The molecular formula is C12H24O3Si. The molecule has 0 aliphatic carbocycles. The summed E-state index contributed by atoms with van der Waals surface area (Å²) in [6.45, 7) is 13.6. The fraction of sp³-hybridized carbons (Fsp3) is 0.917. The van der Waals surface area contributed by atoms with Gasteiger partial charge in [-0.3, -0.25) is 4.79 Å². The smallest absolute Gasteiger partial charge is 0.315 e. The molecular weight excluding hydrogens is 220 g/mol. The van der Waals surface area contributed by atoms with Crippen LogP contribution in [-0.4, -0.2) is 27.0 Å². The Morgan fingerprint density at radius 2 is 1.94 bits per heavy atom. The molecule has 0 saturated carbocycles. The van der Waals surface area contributed by atoms with Crippen molar-refractivity contribution in [1.82, 2.24) is 0 Å². The Labute approximate surface area is 99.6 Å². The van der Waals surface area contributed by atoms with E-state index >= 15 is 0 Å². The first kappa shape index (κ1) is 13.7. The lowest BCUT2D eigenvalue weighted by Gasteiger charge is -2.40. The van der Waals surface area contributed by atoms with Gasteiger partial charge in [-0.15, -0.1) is 0 Å². The van der Waals surface area contributed by atoms with Gasteiger partial charge in [0.05, 0.1) is 6.61 Å². The first-order valence-corrected chi connectivity index (χ1v) is 8.94. The molecule has 0 spiro atoms. The Morgan fingerprint density at radius 3 is 2.31 bits per heavy atom. The average molecular weight is 244 g/mol. The molecule has 3 nitrogen and oxygen atoms in total. The highest BCUT2D eigenvalue weighted by Gasteiger charge is 2.44. The highest BCUT2D eigenvalue weighted by Crippen LogP contribution is 2.37. The second-order valence-electron chi connectivity index (χ2n) is 6.06. The standard InChI is InChI=1S/C12H24O3Si/c1-7-10-9(11(13)15-10)8-14-16(5,6)12(2,3)4/h9-10H,7-8H2,1-6H3. The molecule has 1 heterocycles. The Bertz CT molecular complexity index is 268. The molecule has 0 aromatic carbocycles. The Morgan fingerprint density at radius 1 is 1.38 bits per heavy atom.